The fourth-order valence-corrected chi connectivity index (χ4v) is 0.583. The van der Waals surface area contributed by atoms with E-state index in [4.69, 9.17) is 20.4 Å². The molecule has 9 N–H and O–H groups in total. The molecule has 0 unspecified atom stereocenters. The predicted octanol–water partition coefficient (Wildman–Crippen LogP) is -0.716. The minimum absolute atomic E-state index is 0. The molecule has 0 aliphatic carbocycles. The van der Waals surface area contributed by atoms with E-state index in [9.17, 15) is 0 Å². The van der Waals surface area contributed by atoms with Crippen LogP contribution >= 0.6 is 0 Å². The molecule has 0 heterocycles. The first-order valence-electron chi connectivity index (χ1n) is 4.34. The SMILES string of the molecule is CC(=O)O.N=C(N)N.O.OCc1ccccc1. The maximum absolute atomic E-state index is 9.00. The van der Waals surface area contributed by atoms with Gasteiger partial charge in [0.15, 0.2) is 5.96 Å². The molecule has 7 nitrogen and oxygen atoms in total. The molecule has 0 amide bonds. The Hall–Kier alpha value is -2.12. The summed E-state index contributed by atoms with van der Waals surface area (Å²) in [5, 5.41) is 22.0. The number of carboxylic acid groups (broad SMARTS) is 1. The molecular formula is C10H19N3O4. The molecule has 0 bridgehead atoms. The molecule has 0 fully saturated rings. The highest BCUT2D eigenvalue weighted by atomic mass is 16.4. The van der Waals surface area contributed by atoms with Crippen molar-refractivity contribution in [2.24, 2.45) is 11.5 Å². The van der Waals surface area contributed by atoms with Crippen LogP contribution < -0.4 is 11.5 Å². The maximum atomic E-state index is 9.00. The lowest BCUT2D eigenvalue weighted by Gasteiger charge is -1.89. The van der Waals surface area contributed by atoms with Gasteiger partial charge in [0.25, 0.3) is 5.97 Å². The predicted molar refractivity (Wildman–Crippen MR) is 65.4 cm³/mol. The van der Waals surface area contributed by atoms with E-state index in [2.05, 4.69) is 11.5 Å². The van der Waals surface area contributed by atoms with Gasteiger partial charge in [-0.1, -0.05) is 30.3 Å². The third kappa shape index (κ3) is 31.5. The third-order valence-corrected chi connectivity index (χ3v) is 1.03. The number of aliphatic hydroxyl groups excluding tert-OH is 1. The average molecular weight is 245 g/mol. The molecule has 0 atom stereocenters. The van der Waals surface area contributed by atoms with Crippen molar-refractivity contribution < 1.29 is 20.5 Å². The summed E-state index contributed by atoms with van der Waals surface area (Å²) in [5.74, 6) is -1.17. The number of aliphatic carboxylic acids is 1. The van der Waals surface area contributed by atoms with E-state index in [1.807, 2.05) is 30.3 Å². The number of rotatable bonds is 1. The molecule has 0 aliphatic rings. The van der Waals surface area contributed by atoms with Gasteiger partial charge in [0.1, 0.15) is 0 Å². The number of nitrogens with one attached hydrogen (secondary N) is 1. The van der Waals surface area contributed by atoms with E-state index in [1.54, 1.807) is 0 Å². The van der Waals surface area contributed by atoms with E-state index in [1.165, 1.54) is 0 Å². The molecule has 0 aliphatic heterocycles. The Bertz CT molecular complexity index is 284. The van der Waals surface area contributed by atoms with Crippen molar-refractivity contribution >= 4 is 11.9 Å². The Morgan fingerprint density at radius 2 is 1.59 bits per heavy atom. The summed E-state index contributed by atoms with van der Waals surface area (Å²) in [6.45, 7) is 1.22. The van der Waals surface area contributed by atoms with E-state index in [-0.39, 0.29) is 18.0 Å². The van der Waals surface area contributed by atoms with Gasteiger partial charge in [-0.15, -0.1) is 0 Å². The Balaban J connectivity index is -0.000000189. The fourth-order valence-electron chi connectivity index (χ4n) is 0.583. The lowest BCUT2D eigenvalue weighted by atomic mass is 10.2. The number of aliphatic hydroxyl groups is 1. The summed E-state index contributed by atoms with van der Waals surface area (Å²) in [5.41, 5.74) is 9.91. The molecule has 0 radical (unpaired) electrons. The number of nitrogens with two attached hydrogens (primary N) is 2. The van der Waals surface area contributed by atoms with Crippen molar-refractivity contribution in [3.05, 3.63) is 35.9 Å². The highest BCUT2D eigenvalue weighted by Crippen LogP contribution is 1.95. The number of hydrogen-bond acceptors (Lipinski definition) is 3. The Morgan fingerprint density at radius 1 is 1.29 bits per heavy atom. The molecular weight excluding hydrogens is 226 g/mol. The van der Waals surface area contributed by atoms with Gasteiger partial charge in [-0.3, -0.25) is 10.2 Å². The number of carbonyl (C=O) groups is 1. The topological polar surface area (TPSA) is 165 Å². The highest BCUT2D eigenvalue weighted by molar-refractivity contribution is 5.71. The Labute approximate surface area is 99.5 Å². The molecule has 7 heteroatoms. The van der Waals surface area contributed by atoms with E-state index in [0.717, 1.165) is 12.5 Å². The second-order valence-electron chi connectivity index (χ2n) is 2.62. The van der Waals surface area contributed by atoms with Gasteiger partial charge in [0.05, 0.1) is 6.61 Å². The molecule has 17 heavy (non-hydrogen) atoms. The van der Waals surface area contributed by atoms with Gasteiger partial charge in [-0.05, 0) is 5.56 Å². The van der Waals surface area contributed by atoms with Gasteiger partial charge in [0.2, 0.25) is 0 Å². The van der Waals surface area contributed by atoms with Crippen LogP contribution in [-0.2, 0) is 11.4 Å². The minimum atomic E-state index is -0.833. The zero-order chi connectivity index (χ0) is 13.0. The van der Waals surface area contributed by atoms with Crippen LogP contribution in [0.15, 0.2) is 30.3 Å². The van der Waals surface area contributed by atoms with E-state index in [0.29, 0.717) is 0 Å². The van der Waals surface area contributed by atoms with Gasteiger partial charge in [-0.25, -0.2) is 0 Å². The normalized spacial score (nSPS) is 7.18. The van der Waals surface area contributed by atoms with Crippen LogP contribution in [0.1, 0.15) is 12.5 Å². The summed E-state index contributed by atoms with van der Waals surface area (Å²) in [4.78, 5) is 9.00. The van der Waals surface area contributed by atoms with Crippen LogP contribution in [0.5, 0.6) is 0 Å². The zero-order valence-electron chi connectivity index (χ0n) is 9.55. The van der Waals surface area contributed by atoms with Gasteiger partial charge >= 0.3 is 0 Å². The first kappa shape index (κ1) is 20.3. The standard InChI is InChI=1S/C7H8O.C2H4O2.CH5N3.H2O/c8-6-7-4-2-1-3-5-7;1-2(3)4;2-1(3)4;/h1-5,8H,6H2;1H3,(H,3,4);(H5,2,3,4);1H2. The first-order valence-corrected chi connectivity index (χ1v) is 4.34. The third-order valence-electron chi connectivity index (χ3n) is 1.03. The van der Waals surface area contributed by atoms with Crippen molar-refractivity contribution in [1.29, 1.82) is 5.41 Å². The number of benzene rings is 1. The molecule has 0 saturated heterocycles. The minimum Gasteiger partial charge on any atom is -0.481 e. The van der Waals surface area contributed by atoms with Crippen molar-refractivity contribution in [2.45, 2.75) is 13.5 Å². The van der Waals surface area contributed by atoms with Crippen LogP contribution in [0.3, 0.4) is 0 Å². The van der Waals surface area contributed by atoms with Crippen molar-refractivity contribution in [1.82, 2.24) is 0 Å². The Morgan fingerprint density at radius 3 is 1.76 bits per heavy atom. The number of carboxylic acids is 1. The molecule has 1 aromatic carbocycles. The Kier molecular flexibility index (Phi) is 16.6. The van der Waals surface area contributed by atoms with Crippen molar-refractivity contribution in [3.63, 3.8) is 0 Å². The van der Waals surface area contributed by atoms with E-state index >= 15 is 0 Å². The summed E-state index contributed by atoms with van der Waals surface area (Å²) in [7, 11) is 0. The van der Waals surface area contributed by atoms with Crippen LogP contribution in [-0.4, -0.2) is 27.6 Å². The largest absolute Gasteiger partial charge is 0.481 e. The van der Waals surface area contributed by atoms with Crippen molar-refractivity contribution in [2.75, 3.05) is 0 Å². The number of guanidine groups is 1. The smallest absolute Gasteiger partial charge is 0.300 e. The molecule has 98 valence electrons. The second-order valence-corrected chi connectivity index (χ2v) is 2.62. The number of hydrogen-bond donors (Lipinski definition) is 5. The van der Waals surface area contributed by atoms with Gasteiger partial charge in [-0.2, -0.15) is 0 Å². The lowest BCUT2D eigenvalue weighted by molar-refractivity contribution is -0.134. The van der Waals surface area contributed by atoms with Crippen LogP contribution in [0.4, 0.5) is 0 Å². The summed E-state index contributed by atoms with van der Waals surface area (Å²) in [6, 6.07) is 9.52. The van der Waals surface area contributed by atoms with Crippen LogP contribution in [0, 0.1) is 5.41 Å². The monoisotopic (exact) mass is 245 g/mol. The summed E-state index contributed by atoms with van der Waals surface area (Å²) >= 11 is 0. The maximum Gasteiger partial charge on any atom is 0.300 e. The van der Waals surface area contributed by atoms with Crippen molar-refractivity contribution in [3.8, 4) is 0 Å². The van der Waals surface area contributed by atoms with Crippen LogP contribution in [0.25, 0.3) is 0 Å². The lowest BCUT2D eigenvalue weighted by Crippen LogP contribution is -2.20. The molecule has 0 spiro atoms. The van der Waals surface area contributed by atoms with Gasteiger partial charge in [0, 0.05) is 6.92 Å². The first-order chi connectivity index (χ1) is 7.40. The summed E-state index contributed by atoms with van der Waals surface area (Å²) in [6.07, 6.45) is 0. The fraction of sp³-hybridized carbons (Fsp3) is 0.200. The molecule has 1 aromatic rings. The molecule has 0 saturated carbocycles. The molecule has 0 aromatic heterocycles. The summed E-state index contributed by atoms with van der Waals surface area (Å²) < 4.78 is 0. The second kappa shape index (κ2) is 13.9. The average Bonchev–Trinajstić information content (AvgIpc) is 2.17. The van der Waals surface area contributed by atoms with Gasteiger partial charge < -0.3 is 27.2 Å². The highest BCUT2D eigenvalue weighted by Gasteiger charge is 1.81. The quantitative estimate of drug-likeness (QED) is 0.325. The molecule has 1 rings (SSSR count). The zero-order valence-corrected chi connectivity index (χ0v) is 9.55. The van der Waals surface area contributed by atoms with Crippen LogP contribution in [0.2, 0.25) is 0 Å². The van der Waals surface area contributed by atoms with E-state index < -0.39 is 5.97 Å².